The van der Waals surface area contributed by atoms with E-state index in [-0.39, 0.29) is 27.9 Å². The molecule has 2 bridgehead atoms. The fourth-order valence-electron chi connectivity index (χ4n) is 9.41. The SMILES string of the molecule is CC1(C)C2CCC1(C)C(O)/C2=C/c1ccc(CC23C(=O)C4(CS(=O)(=O)O)CCC2C43C)cc1. The molecule has 5 saturated carbocycles. The molecule has 178 valence electrons. The minimum absolute atomic E-state index is 0.0400. The normalized spacial score (nSPS) is 47.6. The average Bonchev–Trinajstić information content (AvgIpc) is 2.84. The van der Waals surface area contributed by atoms with Crippen molar-refractivity contribution in [2.75, 3.05) is 5.75 Å². The van der Waals surface area contributed by atoms with Crippen LogP contribution in [0.25, 0.3) is 6.08 Å². The number of Topliss-reactive ketones (excluding diaryl/α,β-unsaturated/α-hetero) is 1. The number of benzene rings is 1. The number of hydrogen-bond donors (Lipinski definition) is 2. The molecule has 5 fully saturated rings. The highest BCUT2D eigenvalue weighted by molar-refractivity contribution is 7.85. The van der Waals surface area contributed by atoms with Crippen molar-refractivity contribution < 1.29 is 22.9 Å². The zero-order valence-electron chi connectivity index (χ0n) is 19.9. The molecule has 6 rings (SSSR count). The van der Waals surface area contributed by atoms with Crippen LogP contribution in [0.3, 0.4) is 0 Å². The summed E-state index contributed by atoms with van der Waals surface area (Å²) < 4.78 is 32.7. The molecule has 0 saturated heterocycles. The fourth-order valence-corrected chi connectivity index (χ4v) is 10.6. The van der Waals surface area contributed by atoms with Gasteiger partial charge in [-0.1, -0.05) is 58.0 Å². The number of carbonyl (C=O) groups is 1. The summed E-state index contributed by atoms with van der Waals surface area (Å²) in [6, 6.07) is 8.28. The number of fused-ring (bicyclic) bond motifs is 3. The molecule has 0 spiro atoms. The quantitative estimate of drug-likeness (QED) is 0.626. The largest absolute Gasteiger partial charge is 0.388 e. The lowest BCUT2D eigenvalue weighted by Gasteiger charge is -2.51. The van der Waals surface area contributed by atoms with Crippen LogP contribution >= 0.6 is 0 Å². The highest BCUT2D eigenvalue weighted by atomic mass is 32.2. The molecule has 7 atom stereocenters. The molecule has 0 amide bonds. The van der Waals surface area contributed by atoms with Crippen molar-refractivity contribution in [1.82, 2.24) is 0 Å². The van der Waals surface area contributed by atoms with Crippen LogP contribution in [-0.4, -0.2) is 35.7 Å². The summed E-state index contributed by atoms with van der Waals surface area (Å²) in [4.78, 5) is 13.3. The molecule has 6 heteroatoms. The molecule has 5 nitrogen and oxygen atoms in total. The second kappa shape index (κ2) is 6.00. The minimum atomic E-state index is -4.19. The molecule has 0 aromatic heterocycles. The third-order valence-electron chi connectivity index (χ3n) is 11.7. The van der Waals surface area contributed by atoms with Gasteiger partial charge in [0, 0.05) is 10.8 Å². The minimum Gasteiger partial charge on any atom is -0.388 e. The van der Waals surface area contributed by atoms with Crippen molar-refractivity contribution in [2.45, 2.75) is 65.9 Å². The average molecular weight is 471 g/mol. The first kappa shape index (κ1) is 22.0. The topological polar surface area (TPSA) is 91.7 Å². The standard InChI is InChI=1S/C27H34O5S/c1-23(2)19-9-11-24(23,3)21(28)18(19)13-16-5-7-17(8-6-16)14-27-20-10-12-26(22(27)29,25(20,27)4)15-33(30,31)32/h5-8,13,19-21,28H,9-12,14-15H2,1-4H3,(H,30,31,32)/b18-13+. The Morgan fingerprint density at radius 1 is 1.06 bits per heavy atom. The molecule has 33 heavy (non-hydrogen) atoms. The summed E-state index contributed by atoms with van der Waals surface area (Å²) in [7, 11) is -4.19. The van der Waals surface area contributed by atoms with Crippen LogP contribution in [0.4, 0.5) is 0 Å². The summed E-state index contributed by atoms with van der Waals surface area (Å²) in [5.41, 5.74) is 1.65. The van der Waals surface area contributed by atoms with Gasteiger partial charge in [0.25, 0.3) is 10.1 Å². The molecule has 5 aliphatic rings. The predicted molar refractivity (Wildman–Crippen MR) is 126 cm³/mol. The second-order valence-electron chi connectivity index (χ2n) is 12.6. The van der Waals surface area contributed by atoms with Gasteiger partial charge >= 0.3 is 0 Å². The summed E-state index contributed by atoms with van der Waals surface area (Å²) in [5.74, 6) is 0.232. The molecule has 7 unspecified atom stereocenters. The Bertz CT molecular complexity index is 1210. The predicted octanol–water partition coefficient (Wildman–Crippen LogP) is 4.30. The Kier molecular flexibility index (Phi) is 4.00. The van der Waals surface area contributed by atoms with Crippen molar-refractivity contribution >= 4 is 22.0 Å². The molecule has 1 aromatic rings. The lowest BCUT2D eigenvalue weighted by atomic mass is 9.51. The molecular formula is C27H34O5S. The van der Waals surface area contributed by atoms with E-state index in [1.807, 2.05) is 0 Å². The van der Waals surface area contributed by atoms with Crippen LogP contribution in [0.15, 0.2) is 29.8 Å². The zero-order valence-corrected chi connectivity index (χ0v) is 20.7. The van der Waals surface area contributed by atoms with Crippen LogP contribution in [0, 0.1) is 38.9 Å². The Morgan fingerprint density at radius 2 is 1.73 bits per heavy atom. The first-order valence-corrected chi connectivity index (χ1v) is 13.8. The molecule has 0 heterocycles. The molecule has 1 aromatic carbocycles. The van der Waals surface area contributed by atoms with Crippen molar-refractivity contribution in [3.8, 4) is 0 Å². The van der Waals surface area contributed by atoms with Crippen LogP contribution in [0.2, 0.25) is 0 Å². The molecule has 0 radical (unpaired) electrons. The van der Waals surface area contributed by atoms with Gasteiger partial charge < -0.3 is 5.11 Å². The van der Waals surface area contributed by atoms with Gasteiger partial charge in [0.1, 0.15) is 5.78 Å². The van der Waals surface area contributed by atoms with E-state index in [9.17, 15) is 22.9 Å². The Morgan fingerprint density at radius 3 is 2.27 bits per heavy atom. The lowest BCUT2D eigenvalue weighted by molar-refractivity contribution is -0.154. The lowest BCUT2D eigenvalue weighted by Crippen LogP contribution is -2.60. The highest BCUT2D eigenvalue weighted by Crippen LogP contribution is 2.93. The molecular weight excluding hydrogens is 436 g/mol. The van der Waals surface area contributed by atoms with Gasteiger partial charge in [-0.25, -0.2) is 0 Å². The number of rotatable bonds is 5. The maximum Gasteiger partial charge on any atom is 0.265 e. The van der Waals surface area contributed by atoms with Gasteiger partial charge in [0.15, 0.2) is 0 Å². The highest BCUT2D eigenvalue weighted by Gasteiger charge is 2.97. The van der Waals surface area contributed by atoms with E-state index in [1.54, 1.807) is 0 Å². The van der Waals surface area contributed by atoms with E-state index >= 15 is 0 Å². The van der Waals surface area contributed by atoms with Crippen molar-refractivity contribution in [3.05, 3.63) is 41.0 Å². The maximum absolute atomic E-state index is 13.3. The second-order valence-corrected chi connectivity index (χ2v) is 14.1. The zero-order chi connectivity index (χ0) is 23.8. The van der Waals surface area contributed by atoms with Gasteiger partial charge in [-0.2, -0.15) is 8.42 Å². The molecule has 2 N–H and O–H groups in total. The number of hydrogen-bond acceptors (Lipinski definition) is 4. The number of aliphatic hydroxyl groups is 1. The summed E-state index contributed by atoms with van der Waals surface area (Å²) in [6.07, 6.45) is 6.00. The summed E-state index contributed by atoms with van der Waals surface area (Å²) in [6.45, 7) is 8.82. The van der Waals surface area contributed by atoms with Gasteiger partial charge in [0.2, 0.25) is 0 Å². The van der Waals surface area contributed by atoms with E-state index in [0.29, 0.717) is 18.8 Å². The smallest absolute Gasteiger partial charge is 0.265 e. The molecule has 0 aliphatic heterocycles. The van der Waals surface area contributed by atoms with Crippen molar-refractivity contribution in [2.24, 2.45) is 38.9 Å². The number of aliphatic hydroxyl groups excluding tert-OH is 1. The van der Waals surface area contributed by atoms with Crippen molar-refractivity contribution in [1.29, 1.82) is 0 Å². The third kappa shape index (κ3) is 2.27. The van der Waals surface area contributed by atoms with Gasteiger partial charge in [0.05, 0.1) is 17.3 Å². The van der Waals surface area contributed by atoms with Crippen molar-refractivity contribution in [3.63, 3.8) is 0 Å². The number of carbonyl (C=O) groups excluding carboxylic acids is 1. The molecule has 5 aliphatic carbocycles. The monoisotopic (exact) mass is 470 g/mol. The van der Waals surface area contributed by atoms with Gasteiger partial charge in [-0.05, 0) is 71.5 Å². The van der Waals surface area contributed by atoms with Crippen LogP contribution < -0.4 is 0 Å². The van der Waals surface area contributed by atoms with E-state index in [1.165, 1.54) is 0 Å². The summed E-state index contributed by atoms with van der Waals surface area (Å²) >= 11 is 0. The maximum atomic E-state index is 13.3. The van der Waals surface area contributed by atoms with Gasteiger partial charge in [-0.15, -0.1) is 0 Å². The van der Waals surface area contributed by atoms with Crippen LogP contribution in [-0.2, 0) is 21.3 Å². The van der Waals surface area contributed by atoms with E-state index in [4.69, 9.17) is 0 Å². The first-order chi connectivity index (χ1) is 15.2. The van der Waals surface area contributed by atoms with E-state index < -0.39 is 32.8 Å². The summed E-state index contributed by atoms with van der Waals surface area (Å²) in [5, 5.41) is 11.0. The van der Waals surface area contributed by atoms with E-state index in [0.717, 1.165) is 36.0 Å². The van der Waals surface area contributed by atoms with E-state index in [2.05, 4.69) is 58.0 Å². The fraction of sp³-hybridized carbons (Fsp3) is 0.667. The Balaban J connectivity index is 1.23. The van der Waals surface area contributed by atoms with Crippen LogP contribution in [0.1, 0.15) is 64.5 Å². The van der Waals surface area contributed by atoms with Crippen LogP contribution in [0.5, 0.6) is 0 Å². The van der Waals surface area contributed by atoms with Gasteiger partial charge in [-0.3, -0.25) is 9.35 Å². The Labute approximate surface area is 196 Å². The first-order valence-electron chi connectivity index (χ1n) is 12.2. The third-order valence-corrected chi connectivity index (χ3v) is 12.5. The Hall–Kier alpha value is -1.50. The number of ketones is 1.